The highest BCUT2D eigenvalue weighted by molar-refractivity contribution is 6.18. The summed E-state index contributed by atoms with van der Waals surface area (Å²) >= 11 is 0. The number of rotatable bonds is 2. The van der Waals surface area contributed by atoms with Crippen LogP contribution in [0.3, 0.4) is 0 Å². The van der Waals surface area contributed by atoms with Gasteiger partial charge in [0.1, 0.15) is 5.57 Å². The van der Waals surface area contributed by atoms with Gasteiger partial charge in [-0.1, -0.05) is 30.3 Å². The molecule has 2 aromatic carbocycles. The van der Waals surface area contributed by atoms with Crippen molar-refractivity contribution in [3.05, 3.63) is 65.2 Å². The van der Waals surface area contributed by atoms with Crippen molar-refractivity contribution < 1.29 is 19.1 Å². The van der Waals surface area contributed by atoms with Crippen molar-refractivity contribution in [3.63, 3.8) is 0 Å². The van der Waals surface area contributed by atoms with Crippen LogP contribution in [0.1, 0.15) is 25.0 Å². The van der Waals surface area contributed by atoms with Gasteiger partial charge in [-0.05, 0) is 41.0 Å². The lowest BCUT2D eigenvalue weighted by Gasteiger charge is -2.29. The van der Waals surface area contributed by atoms with Gasteiger partial charge in [0, 0.05) is 13.8 Å². The molecule has 0 saturated carbocycles. The molecule has 0 spiro atoms. The number of cyclic esters (lactones) is 2. The van der Waals surface area contributed by atoms with Crippen LogP contribution in [0.4, 0.5) is 0 Å². The van der Waals surface area contributed by atoms with Gasteiger partial charge in [0.05, 0.1) is 11.6 Å². The highest BCUT2D eigenvalue weighted by Gasteiger charge is 2.38. The zero-order valence-corrected chi connectivity index (χ0v) is 13.8. The molecule has 25 heavy (non-hydrogen) atoms. The number of carbonyl (C=O) groups excluding carboxylic acids is 2. The van der Waals surface area contributed by atoms with Crippen LogP contribution in [0.25, 0.3) is 17.2 Å². The van der Waals surface area contributed by atoms with Crippen LogP contribution in [-0.4, -0.2) is 17.7 Å². The van der Waals surface area contributed by atoms with E-state index in [9.17, 15) is 9.59 Å². The maximum absolute atomic E-state index is 12.0. The normalized spacial score (nSPS) is 15.8. The Morgan fingerprint density at radius 1 is 0.960 bits per heavy atom. The second-order valence-corrected chi connectivity index (χ2v) is 6.05. The van der Waals surface area contributed by atoms with Crippen molar-refractivity contribution in [2.24, 2.45) is 0 Å². The molecule has 0 aliphatic carbocycles. The number of benzene rings is 2. The average Bonchev–Trinajstić information content (AvgIpc) is 2.58. The highest BCUT2D eigenvalue weighted by atomic mass is 16.7. The highest BCUT2D eigenvalue weighted by Crippen LogP contribution is 2.26. The minimum atomic E-state index is -1.25. The zero-order valence-electron chi connectivity index (χ0n) is 13.8. The lowest BCUT2D eigenvalue weighted by Crippen LogP contribution is -2.41. The maximum Gasteiger partial charge on any atom is 0.348 e. The lowest BCUT2D eigenvalue weighted by molar-refractivity contribution is -0.222. The minimum Gasteiger partial charge on any atom is -0.419 e. The number of carbonyl (C=O) groups is 2. The van der Waals surface area contributed by atoms with Gasteiger partial charge in [-0.15, -0.1) is 0 Å². The first kappa shape index (κ1) is 16.5. The van der Waals surface area contributed by atoms with Crippen molar-refractivity contribution in [1.82, 2.24) is 0 Å². The van der Waals surface area contributed by atoms with E-state index in [1.807, 2.05) is 30.3 Å². The van der Waals surface area contributed by atoms with Gasteiger partial charge in [0.15, 0.2) is 0 Å². The Hall–Kier alpha value is -3.39. The molecule has 124 valence electrons. The third kappa shape index (κ3) is 3.59. The molecule has 0 N–H and O–H groups in total. The van der Waals surface area contributed by atoms with Crippen molar-refractivity contribution in [1.29, 1.82) is 5.26 Å². The zero-order chi connectivity index (χ0) is 18.0. The van der Waals surface area contributed by atoms with Crippen LogP contribution in [0.5, 0.6) is 0 Å². The fourth-order valence-corrected chi connectivity index (χ4v) is 2.49. The Balaban J connectivity index is 1.93. The third-order valence-corrected chi connectivity index (χ3v) is 3.66. The number of esters is 2. The summed E-state index contributed by atoms with van der Waals surface area (Å²) in [6.07, 6.45) is 1.45. The van der Waals surface area contributed by atoms with Crippen molar-refractivity contribution in [2.75, 3.05) is 0 Å². The molecule has 5 heteroatoms. The van der Waals surface area contributed by atoms with E-state index in [1.165, 1.54) is 19.9 Å². The Bertz CT molecular complexity index is 895. The Morgan fingerprint density at radius 3 is 2.20 bits per heavy atom. The molecule has 1 fully saturated rings. The van der Waals surface area contributed by atoms with Gasteiger partial charge in [-0.2, -0.15) is 5.26 Å². The summed E-state index contributed by atoms with van der Waals surface area (Å²) in [5.41, 5.74) is 2.94. The number of nitrogens with zero attached hydrogens (tertiary/aromatic N) is 1. The van der Waals surface area contributed by atoms with Crippen molar-refractivity contribution >= 4 is 18.0 Å². The van der Waals surface area contributed by atoms with Crippen molar-refractivity contribution in [3.8, 4) is 17.2 Å². The summed E-state index contributed by atoms with van der Waals surface area (Å²) in [4.78, 5) is 24.1. The van der Waals surface area contributed by atoms with Crippen LogP contribution in [0.2, 0.25) is 0 Å². The Labute approximate surface area is 145 Å². The van der Waals surface area contributed by atoms with E-state index in [0.717, 1.165) is 11.1 Å². The predicted octanol–water partition coefficient (Wildman–Crippen LogP) is 3.44. The van der Waals surface area contributed by atoms with E-state index in [-0.39, 0.29) is 5.57 Å². The first-order valence-electron chi connectivity index (χ1n) is 7.67. The number of hydrogen-bond donors (Lipinski definition) is 0. The molecule has 0 atom stereocenters. The molecule has 1 aliphatic heterocycles. The molecule has 0 radical (unpaired) electrons. The van der Waals surface area contributed by atoms with Gasteiger partial charge in [0.25, 0.3) is 5.79 Å². The predicted molar refractivity (Wildman–Crippen MR) is 90.8 cm³/mol. The van der Waals surface area contributed by atoms with Crippen LogP contribution >= 0.6 is 0 Å². The van der Waals surface area contributed by atoms with Crippen LogP contribution in [0, 0.1) is 11.3 Å². The van der Waals surface area contributed by atoms with Gasteiger partial charge in [-0.25, -0.2) is 9.59 Å². The largest absolute Gasteiger partial charge is 0.419 e. The van der Waals surface area contributed by atoms with E-state index >= 15 is 0 Å². The first-order chi connectivity index (χ1) is 11.9. The van der Waals surface area contributed by atoms with Gasteiger partial charge in [0.2, 0.25) is 0 Å². The van der Waals surface area contributed by atoms with Gasteiger partial charge in [-0.3, -0.25) is 0 Å². The smallest absolute Gasteiger partial charge is 0.348 e. The Kier molecular flexibility index (Phi) is 4.12. The summed E-state index contributed by atoms with van der Waals surface area (Å²) in [5, 5.41) is 8.87. The maximum atomic E-state index is 12.0. The van der Waals surface area contributed by atoms with E-state index in [2.05, 4.69) is 6.07 Å². The van der Waals surface area contributed by atoms with E-state index < -0.39 is 17.7 Å². The molecule has 0 unspecified atom stereocenters. The molecule has 5 nitrogen and oxygen atoms in total. The van der Waals surface area contributed by atoms with E-state index in [0.29, 0.717) is 11.1 Å². The molecule has 2 aromatic rings. The third-order valence-electron chi connectivity index (χ3n) is 3.66. The molecule has 0 aromatic heterocycles. The molecular formula is C20H15NO4. The number of nitriles is 1. The topological polar surface area (TPSA) is 76.4 Å². The molecule has 1 heterocycles. The van der Waals surface area contributed by atoms with Crippen LogP contribution in [-0.2, 0) is 19.1 Å². The number of hydrogen-bond acceptors (Lipinski definition) is 5. The fraction of sp³-hybridized carbons (Fsp3) is 0.150. The SMILES string of the molecule is CC1(C)OC(=O)C(=Cc2cccc(-c3ccc(C#N)cc3)c2)C(=O)O1. The molecule has 0 amide bonds. The quantitative estimate of drug-likeness (QED) is 0.478. The standard InChI is InChI=1S/C20H15NO4/c1-20(2)24-18(22)17(19(23)25-20)11-14-4-3-5-16(10-14)15-8-6-13(12-21)7-9-15/h3-11H,1-2H3. The van der Waals surface area contributed by atoms with Gasteiger partial charge < -0.3 is 9.47 Å². The average molecular weight is 333 g/mol. The van der Waals surface area contributed by atoms with Crippen molar-refractivity contribution in [2.45, 2.75) is 19.6 Å². The summed E-state index contributed by atoms with van der Waals surface area (Å²) < 4.78 is 10.2. The first-order valence-corrected chi connectivity index (χ1v) is 7.67. The molecular weight excluding hydrogens is 318 g/mol. The molecule has 1 aliphatic rings. The molecule has 1 saturated heterocycles. The lowest BCUT2D eigenvalue weighted by atomic mass is 10.0. The van der Waals surface area contributed by atoms with E-state index in [1.54, 1.807) is 18.2 Å². The van der Waals surface area contributed by atoms with Crippen LogP contribution < -0.4 is 0 Å². The number of ether oxygens (including phenoxy) is 2. The summed E-state index contributed by atoms with van der Waals surface area (Å²) in [6.45, 7) is 3.01. The minimum absolute atomic E-state index is 0.142. The second-order valence-electron chi connectivity index (χ2n) is 6.05. The summed E-state index contributed by atoms with van der Waals surface area (Å²) in [5.74, 6) is -2.66. The van der Waals surface area contributed by atoms with E-state index in [4.69, 9.17) is 14.7 Å². The molecule has 3 rings (SSSR count). The monoisotopic (exact) mass is 333 g/mol. The Morgan fingerprint density at radius 2 is 1.60 bits per heavy atom. The second kappa shape index (κ2) is 6.25. The van der Waals surface area contributed by atoms with Gasteiger partial charge >= 0.3 is 11.9 Å². The fourth-order valence-electron chi connectivity index (χ4n) is 2.49. The summed E-state index contributed by atoms with van der Waals surface area (Å²) in [7, 11) is 0. The molecule has 0 bridgehead atoms. The summed E-state index contributed by atoms with van der Waals surface area (Å²) in [6, 6.07) is 16.6. The van der Waals surface area contributed by atoms with Crippen LogP contribution in [0.15, 0.2) is 54.1 Å².